The minimum atomic E-state index is -0.485. The van der Waals surface area contributed by atoms with Crippen molar-refractivity contribution in [1.29, 1.82) is 0 Å². The predicted molar refractivity (Wildman–Crippen MR) is 84.7 cm³/mol. The molecule has 0 bridgehead atoms. The first-order chi connectivity index (χ1) is 9.97. The summed E-state index contributed by atoms with van der Waals surface area (Å²) in [6.45, 7) is 5.44. The van der Waals surface area contributed by atoms with Gasteiger partial charge in [-0.3, -0.25) is 4.79 Å². The largest absolute Gasteiger partial charge is 0.504 e. The van der Waals surface area contributed by atoms with E-state index in [-0.39, 0.29) is 5.75 Å². The van der Waals surface area contributed by atoms with E-state index < -0.39 is 5.43 Å². The van der Waals surface area contributed by atoms with Crippen LogP contribution in [0.15, 0.2) is 64.1 Å². The van der Waals surface area contributed by atoms with Crippen LogP contribution in [0.3, 0.4) is 0 Å². The van der Waals surface area contributed by atoms with E-state index in [4.69, 9.17) is 11.6 Å². The Morgan fingerprint density at radius 2 is 1.67 bits per heavy atom. The topological polar surface area (TPSA) is 62.0 Å². The summed E-state index contributed by atoms with van der Waals surface area (Å²) >= 11 is 5.79. The van der Waals surface area contributed by atoms with E-state index in [1.54, 1.807) is 37.3 Å². The van der Waals surface area contributed by atoms with Crippen LogP contribution < -0.4 is 5.43 Å². The normalized spacial score (nSPS) is 10.8. The molecule has 0 aliphatic rings. The van der Waals surface area contributed by atoms with Gasteiger partial charge in [-0.15, -0.1) is 0 Å². The molecule has 0 saturated carbocycles. The van der Waals surface area contributed by atoms with Crippen molar-refractivity contribution in [2.24, 2.45) is 10.2 Å². The van der Waals surface area contributed by atoms with E-state index in [0.717, 1.165) is 0 Å². The minimum Gasteiger partial charge on any atom is -0.504 e. The second kappa shape index (κ2) is 6.33. The standard InChI is InChI=1S/C16H13ClN2O2/c1-10(2)14-9-13(7-8-15(20)16(14)21)19-18-12-5-3-11(17)4-6-12/h3-9H,1H2,2H3,(H,20,21). The van der Waals surface area contributed by atoms with Crippen LogP contribution in [0.4, 0.5) is 11.4 Å². The average Bonchev–Trinajstić information content (AvgIpc) is 2.60. The maximum atomic E-state index is 11.6. The van der Waals surface area contributed by atoms with Gasteiger partial charge in [-0.2, -0.15) is 10.2 Å². The Morgan fingerprint density at radius 1 is 1.10 bits per heavy atom. The van der Waals surface area contributed by atoms with Crippen molar-refractivity contribution in [2.75, 3.05) is 0 Å². The fraction of sp³-hybridized carbons (Fsp3) is 0.0625. The summed E-state index contributed by atoms with van der Waals surface area (Å²) in [6.07, 6.45) is 0. The summed E-state index contributed by atoms with van der Waals surface area (Å²) < 4.78 is 0. The van der Waals surface area contributed by atoms with Gasteiger partial charge in [-0.1, -0.05) is 18.2 Å². The average molecular weight is 301 g/mol. The molecule has 106 valence electrons. The fourth-order valence-electron chi connectivity index (χ4n) is 1.65. The number of hydrogen-bond donors (Lipinski definition) is 1. The zero-order chi connectivity index (χ0) is 15.4. The van der Waals surface area contributed by atoms with E-state index >= 15 is 0 Å². The number of nitrogens with zero attached hydrogens (tertiary/aromatic N) is 2. The van der Waals surface area contributed by atoms with Gasteiger partial charge < -0.3 is 5.11 Å². The molecule has 1 N–H and O–H groups in total. The predicted octanol–water partition coefficient (Wildman–Crippen LogP) is 4.85. The van der Waals surface area contributed by atoms with Crippen LogP contribution in [-0.4, -0.2) is 5.11 Å². The van der Waals surface area contributed by atoms with Gasteiger partial charge in [0.2, 0.25) is 5.43 Å². The summed E-state index contributed by atoms with van der Waals surface area (Å²) in [7, 11) is 0. The number of aromatic hydroxyl groups is 1. The number of rotatable bonds is 3. The van der Waals surface area contributed by atoms with Gasteiger partial charge in [-0.25, -0.2) is 0 Å². The number of hydrogen-bond acceptors (Lipinski definition) is 4. The highest BCUT2D eigenvalue weighted by molar-refractivity contribution is 6.30. The molecule has 0 spiro atoms. The van der Waals surface area contributed by atoms with Crippen LogP contribution in [-0.2, 0) is 0 Å². The molecular formula is C16H13ClN2O2. The highest BCUT2D eigenvalue weighted by Gasteiger charge is 2.05. The molecule has 0 atom stereocenters. The van der Waals surface area contributed by atoms with Crippen molar-refractivity contribution >= 4 is 28.5 Å². The lowest BCUT2D eigenvalue weighted by atomic mass is 10.1. The van der Waals surface area contributed by atoms with Crippen molar-refractivity contribution in [2.45, 2.75) is 6.92 Å². The van der Waals surface area contributed by atoms with Crippen molar-refractivity contribution in [3.63, 3.8) is 0 Å². The van der Waals surface area contributed by atoms with Crippen LogP contribution in [0.1, 0.15) is 12.5 Å². The van der Waals surface area contributed by atoms with Gasteiger partial charge in [0.1, 0.15) is 0 Å². The third kappa shape index (κ3) is 3.77. The zero-order valence-electron chi connectivity index (χ0n) is 11.4. The van der Waals surface area contributed by atoms with Gasteiger partial charge in [0.15, 0.2) is 5.75 Å². The van der Waals surface area contributed by atoms with Crippen LogP contribution in [0.2, 0.25) is 5.02 Å². The van der Waals surface area contributed by atoms with E-state index in [9.17, 15) is 9.90 Å². The molecule has 0 fully saturated rings. The maximum absolute atomic E-state index is 11.6. The molecule has 0 saturated heterocycles. The summed E-state index contributed by atoms with van der Waals surface area (Å²) in [5.74, 6) is -0.338. The quantitative estimate of drug-likeness (QED) is 0.823. The van der Waals surface area contributed by atoms with Crippen LogP contribution in [0.25, 0.3) is 5.57 Å². The first-order valence-corrected chi connectivity index (χ1v) is 6.55. The highest BCUT2D eigenvalue weighted by atomic mass is 35.5. The minimum absolute atomic E-state index is 0.338. The molecular weight excluding hydrogens is 288 g/mol. The summed E-state index contributed by atoms with van der Waals surface area (Å²) in [6, 6.07) is 11.2. The SMILES string of the molecule is C=C(C)c1cc(N=Nc2ccc(Cl)cc2)ccc(=O)c1O. The molecule has 0 heterocycles. The number of allylic oxidation sites excluding steroid dienone is 1. The first-order valence-electron chi connectivity index (χ1n) is 6.18. The van der Waals surface area contributed by atoms with Gasteiger partial charge in [-0.05, 0) is 55.0 Å². The lowest BCUT2D eigenvalue weighted by Gasteiger charge is -1.98. The number of halogens is 1. The van der Waals surface area contributed by atoms with E-state index in [0.29, 0.717) is 27.5 Å². The lowest BCUT2D eigenvalue weighted by molar-refractivity contribution is 0.469. The van der Waals surface area contributed by atoms with Crippen LogP contribution in [0.5, 0.6) is 5.75 Å². The smallest absolute Gasteiger partial charge is 0.220 e. The first kappa shape index (κ1) is 14.9. The number of azo groups is 1. The number of benzene rings is 1. The Bertz CT molecular complexity index is 768. The fourth-order valence-corrected chi connectivity index (χ4v) is 1.77. The lowest BCUT2D eigenvalue weighted by Crippen LogP contribution is -1.95. The van der Waals surface area contributed by atoms with Crippen molar-refractivity contribution < 1.29 is 5.11 Å². The van der Waals surface area contributed by atoms with Crippen LogP contribution in [0, 0.1) is 0 Å². The molecule has 2 aromatic rings. The Kier molecular flexibility index (Phi) is 4.50. The third-order valence-corrected chi connectivity index (χ3v) is 3.01. The molecule has 4 nitrogen and oxygen atoms in total. The second-order valence-corrected chi connectivity index (χ2v) is 4.92. The molecule has 2 rings (SSSR count). The van der Waals surface area contributed by atoms with E-state index in [1.165, 1.54) is 12.1 Å². The van der Waals surface area contributed by atoms with Crippen molar-refractivity contribution in [3.05, 3.63) is 69.9 Å². The van der Waals surface area contributed by atoms with Gasteiger partial charge in [0.25, 0.3) is 0 Å². The summed E-state index contributed by atoms with van der Waals surface area (Å²) in [5, 5.41) is 18.5. The van der Waals surface area contributed by atoms with Gasteiger partial charge in [0.05, 0.1) is 11.4 Å². The molecule has 5 heteroatoms. The molecule has 0 aliphatic carbocycles. The van der Waals surface area contributed by atoms with Gasteiger partial charge in [0, 0.05) is 10.6 Å². The molecule has 21 heavy (non-hydrogen) atoms. The zero-order valence-corrected chi connectivity index (χ0v) is 12.1. The Hall–Kier alpha value is -2.46. The second-order valence-electron chi connectivity index (χ2n) is 4.49. The maximum Gasteiger partial charge on any atom is 0.220 e. The Labute approximate surface area is 127 Å². The molecule has 0 aliphatic heterocycles. The Morgan fingerprint density at radius 3 is 2.29 bits per heavy atom. The van der Waals surface area contributed by atoms with Crippen molar-refractivity contribution in [3.8, 4) is 5.75 Å². The van der Waals surface area contributed by atoms with Gasteiger partial charge >= 0.3 is 0 Å². The molecule has 0 aromatic heterocycles. The Balaban J connectivity index is 2.43. The van der Waals surface area contributed by atoms with Crippen molar-refractivity contribution in [1.82, 2.24) is 0 Å². The molecule has 0 amide bonds. The highest BCUT2D eigenvalue weighted by Crippen LogP contribution is 2.25. The third-order valence-electron chi connectivity index (χ3n) is 2.75. The molecule has 2 aromatic carbocycles. The van der Waals surface area contributed by atoms with E-state index in [1.807, 2.05) is 0 Å². The summed E-state index contributed by atoms with van der Waals surface area (Å²) in [4.78, 5) is 11.6. The molecule has 0 unspecified atom stereocenters. The van der Waals surface area contributed by atoms with Crippen LogP contribution >= 0.6 is 11.6 Å². The van der Waals surface area contributed by atoms with E-state index in [2.05, 4.69) is 16.8 Å². The monoisotopic (exact) mass is 300 g/mol. The molecule has 0 radical (unpaired) electrons. The summed E-state index contributed by atoms with van der Waals surface area (Å²) in [5.41, 5.74) is 1.52.